The number of phenolic OH excluding ortho intramolecular Hbond substituents is 1. The molecule has 2 rings (SSSR count). The monoisotopic (exact) mass is 397 g/mol. The molecule has 0 aliphatic carbocycles. The van der Waals surface area contributed by atoms with Gasteiger partial charge in [0.2, 0.25) is 5.75 Å². The molecule has 0 aliphatic heterocycles. The maximum atomic E-state index is 12.4. The van der Waals surface area contributed by atoms with Gasteiger partial charge in [-0.25, -0.2) is 0 Å². The van der Waals surface area contributed by atoms with E-state index >= 15 is 0 Å². The van der Waals surface area contributed by atoms with E-state index in [9.17, 15) is 25.3 Å². The number of hydrogen-bond acceptors (Lipinski definition) is 7. The topological polar surface area (TPSA) is 135 Å². The summed E-state index contributed by atoms with van der Waals surface area (Å²) in [4.78, 5) is 22.8. The van der Waals surface area contributed by atoms with Gasteiger partial charge in [0.15, 0.2) is 5.75 Å². The quantitative estimate of drug-likeness (QED) is 0.300. The normalized spacial score (nSPS) is 10.7. The Kier molecular flexibility index (Phi) is 7.14. The van der Waals surface area contributed by atoms with Crippen LogP contribution >= 0.6 is 0 Å². The number of hydrogen-bond donors (Lipinski definition) is 2. The predicted molar refractivity (Wildman–Crippen MR) is 106 cm³/mol. The molecule has 0 unspecified atom stereocenters. The van der Waals surface area contributed by atoms with E-state index in [-0.39, 0.29) is 23.5 Å². The summed E-state index contributed by atoms with van der Waals surface area (Å²) in [6, 6.07) is 10.7. The van der Waals surface area contributed by atoms with Gasteiger partial charge in [-0.1, -0.05) is 0 Å². The molecule has 0 bridgehead atoms. The number of ether oxygens (including phenoxy) is 2. The highest BCUT2D eigenvalue weighted by Gasteiger charge is 2.20. The summed E-state index contributed by atoms with van der Waals surface area (Å²) >= 11 is 0. The number of phenols is 1. The summed E-state index contributed by atoms with van der Waals surface area (Å²) in [5.41, 5.74) is -0.254. The number of anilines is 1. The van der Waals surface area contributed by atoms with E-state index < -0.39 is 22.3 Å². The number of nitrogens with zero attached hydrogens (tertiary/aromatic N) is 2. The van der Waals surface area contributed by atoms with Crippen LogP contribution in [0.15, 0.2) is 42.0 Å². The Balaban J connectivity index is 2.31. The minimum Gasteiger partial charge on any atom is -0.500 e. The van der Waals surface area contributed by atoms with Crippen molar-refractivity contribution in [1.82, 2.24) is 0 Å². The van der Waals surface area contributed by atoms with Crippen LogP contribution in [0, 0.1) is 21.4 Å². The zero-order chi connectivity index (χ0) is 21.4. The first-order valence-corrected chi connectivity index (χ1v) is 8.69. The Bertz CT molecular complexity index is 977. The second-order valence-corrected chi connectivity index (χ2v) is 5.66. The molecule has 0 heterocycles. The molecule has 0 saturated heterocycles. The van der Waals surface area contributed by atoms with Crippen molar-refractivity contribution in [1.29, 1.82) is 5.26 Å². The van der Waals surface area contributed by atoms with Crippen LogP contribution in [-0.4, -0.2) is 29.2 Å². The van der Waals surface area contributed by atoms with Crippen molar-refractivity contribution in [2.75, 3.05) is 18.5 Å². The van der Waals surface area contributed by atoms with E-state index in [1.807, 2.05) is 6.92 Å². The number of nitrogens with one attached hydrogen (secondary N) is 1. The number of benzene rings is 2. The predicted octanol–water partition coefficient (Wildman–Crippen LogP) is 3.64. The lowest BCUT2D eigenvalue weighted by Gasteiger charge is -2.08. The van der Waals surface area contributed by atoms with Gasteiger partial charge in [-0.2, -0.15) is 5.26 Å². The summed E-state index contributed by atoms with van der Waals surface area (Å²) in [6.07, 6.45) is 1.18. The second-order valence-electron chi connectivity index (χ2n) is 5.66. The van der Waals surface area contributed by atoms with Crippen molar-refractivity contribution >= 4 is 23.4 Å². The molecular formula is C20H19N3O6. The number of aromatic hydroxyl groups is 1. The molecule has 29 heavy (non-hydrogen) atoms. The van der Waals surface area contributed by atoms with Crippen molar-refractivity contribution in [3.8, 4) is 23.3 Å². The number of nitro benzene ring substituents is 1. The minimum atomic E-state index is -0.777. The Morgan fingerprint density at radius 2 is 1.90 bits per heavy atom. The van der Waals surface area contributed by atoms with E-state index in [4.69, 9.17) is 9.47 Å². The van der Waals surface area contributed by atoms with Gasteiger partial charge in [0.1, 0.15) is 17.4 Å². The summed E-state index contributed by atoms with van der Waals surface area (Å²) < 4.78 is 10.5. The zero-order valence-electron chi connectivity index (χ0n) is 15.8. The molecule has 0 saturated carbocycles. The molecule has 2 aromatic carbocycles. The van der Waals surface area contributed by atoms with Gasteiger partial charge in [-0.05, 0) is 55.8 Å². The number of carbonyl (C=O) groups excluding carboxylic acids is 1. The van der Waals surface area contributed by atoms with Crippen LogP contribution in [0.25, 0.3) is 6.08 Å². The Morgan fingerprint density at radius 3 is 2.45 bits per heavy atom. The number of nitriles is 1. The van der Waals surface area contributed by atoms with Crippen LogP contribution in [0.3, 0.4) is 0 Å². The first-order valence-electron chi connectivity index (χ1n) is 8.69. The maximum Gasteiger partial charge on any atom is 0.315 e. The largest absolute Gasteiger partial charge is 0.500 e. The first kappa shape index (κ1) is 21.2. The van der Waals surface area contributed by atoms with Crippen LogP contribution < -0.4 is 14.8 Å². The summed E-state index contributed by atoms with van der Waals surface area (Å²) in [5, 5.41) is 33.0. The molecule has 2 aromatic rings. The van der Waals surface area contributed by atoms with Crippen molar-refractivity contribution in [3.05, 3.63) is 57.6 Å². The standard InChI is InChI=1S/C20H19N3O6/c1-3-28-16-7-5-15(6-8-16)22-20(25)14(12-21)9-13-10-17(23(26)27)19(24)18(11-13)29-4-2/h5-11,24H,3-4H2,1-2H3,(H,22,25)/b14-9+. The third-order valence-corrected chi connectivity index (χ3v) is 3.67. The van der Waals surface area contributed by atoms with Gasteiger partial charge in [-0.3, -0.25) is 14.9 Å². The van der Waals surface area contributed by atoms with Gasteiger partial charge in [-0.15, -0.1) is 0 Å². The summed E-state index contributed by atoms with van der Waals surface area (Å²) in [7, 11) is 0. The number of carbonyl (C=O) groups is 1. The smallest absolute Gasteiger partial charge is 0.315 e. The Morgan fingerprint density at radius 1 is 1.24 bits per heavy atom. The SMILES string of the molecule is CCOc1ccc(NC(=O)/C(C#N)=C/c2cc(OCC)c(O)c([N+](=O)[O-])c2)cc1. The molecule has 0 radical (unpaired) electrons. The van der Waals surface area contributed by atoms with Gasteiger partial charge in [0, 0.05) is 11.8 Å². The summed E-state index contributed by atoms with van der Waals surface area (Å²) in [6.45, 7) is 4.18. The van der Waals surface area contributed by atoms with Crippen molar-refractivity contribution in [3.63, 3.8) is 0 Å². The van der Waals surface area contributed by atoms with Crippen molar-refractivity contribution in [2.24, 2.45) is 0 Å². The Hall–Kier alpha value is -4.06. The molecular weight excluding hydrogens is 378 g/mol. The van der Waals surface area contributed by atoms with Crippen LogP contribution in [0.5, 0.6) is 17.2 Å². The van der Waals surface area contributed by atoms with E-state index in [1.54, 1.807) is 37.3 Å². The lowest BCUT2D eigenvalue weighted by Crippen LogP contribution is -2.13. The minimum absolute atomic E-state index is 0.114. The van der Waals surface area contributed by atoms with Crippen LogP contribution in [0.2, 0.25) is 0 Å². The lowest BCUT2D eigenvalue weighted by atomic mass is 10.1. The average molecular weight is 397 g/mol. The van der Waals surface area contributed by atoms with Crippen LogP contribution in [0.4, 0.5) is 11.4 Å². The number of rotatable bonds is 8. The molecule has 9 nitrogen and oxygen atoms in total. The lowest BCUT2D eigenvalue weighted by molar-refractivity contribution is -0.386. The third-order valence-electron chi connectivity index (χ3n) is 3.67. The van der Waals surface area contributed by atoms with Crippen molar-refractivity contribution < 1.29 is 24.3 Å². The Labute approximate surface area is 166 Å². The molecule has 0 atom stereocenters. The van der Waals surface area contributed by atoms with Crippen molar-refractivity contribution in [2.45, 2.75) is 13.8 Å². The van der Waals surface area contributed by atoms with Gasteiger partial charge in [0.05, 0.1) is 18.1 Å². The van der Waals surface area contributed by atoms with E-state index in [0.717, 1.165) is 6.07 Å². The van der Waals surface area contributed by atoms with Gasteiger partial charge >= 0.3 is 5.69 Å². The first-order chi connectivity index (χ1) is 13.9. The van der Waals surface area contributed by atoms with E-state index in [2.05, 4.69) is 5.32 Å². The second kappa shape index (κ2) is 9.75. The van der Waals surface area contributed by atoms with Crippen LogP contribution in [-0.2, 0) is 4.79 Å². The molecule has 0 spiro atoms. The highest BCUT2D eigenvalue weighted by Crippen LogP contribution is 2.37. The fourth-order valence-corrected chi connectivity index (χ4v) is 2.42. The molecule has 1 amide bonds. The van der Waals surface area contributed by atoms with Crippen LogP contribution in [0.1, 0.15) is 19.4 Å². The molecule has 9 heteroatoms. The number of nitro groups is 1. The van der Waals surface area contributed by atoms with Gasteiger partial charge < -0.3 is 19.9 Å². The highest BCUT2D eigenvalue weighted by molar-refractivity contribution is 6.09. The average Bonchev–Trinajstić information content (AvgIpc) is 2.69. The molecule has 0 aliphatic rings. The summed E-state index contributed by atoms with van der Waals surface area (Å²) in [5.74, 6) is -0.782. The maximum absolute atomic E-state index is 12.4. The molecule has 2 N–H and O–H groups in total. The zero-order valence-corrected chi connectivity index (χ0v) is 15.8. The molecule has 0 aromatic heterocycles. The fraction of sp³-hybridized carbons (Fsp3) is 0.200. The van der Waals surface area contributed by atoms with E-state index in [0.29, 0.717) is 18.0 Å². The molecule has 0 fully saturated rings. The van der Waals surface area contributed by atoms with Gasteiger partial charge in [0.25, 0.3) is 5.91 Å². The number of amides is 1. The fourth-order valence-electron chi connectivity index (χ4n) is 2.42. The van der Waals surface area contributed by atoms with E-state index in [1.165, 1.54) is 12.1 Å². The third kappa shape index (κ3) is 5.46. The molecule has 150 valence electrons. The highest BCUT2D eigenvalue weighted by atomic mass is 16.6.